The molecule has 2 aliphatic rings. The molecule has 2 amide bonds. The van der Waals surface area contributed by atoms with Gasteiger partial charge in [-0.3, -0.25) is 9.47 Å². The van der Waals surface area contributed by atoms with Gasteiger partial charge in [0.1, 0.15) is 22.4 Å². The van der Waals surface area contributed by atoms with Gasteiger partial charge in [0.2, 0.25) is 10.8 Å². The van der Waals surface area contributed by atoms with Gasteiger partial charge in [-0.1, -0.05) is 59.8 Å². The zero-order chi connectivity index (χ0) is 32.5. The van der Waals surface area contributed by atoms with Crippen LogP contribution in [0.1, 0.15) is 17.0 Å². The number of aryl methyl sites for hydroxylation is 1. The van der Waals surface area contributed by atoms with Crippen LogP contribution < -0.4 is 19.9 Å². The first-order valence-corrected chi connectivity index (χ1v) is 15.1. The molecule has 0 spiro atoms. The predicted molar refractivity (Wildman–Crippen MR) is 167 cm³/mol. The van der Waals surface area contributed by atoms with E-state index in [-0.39, 0.29) is 27.7 Å². The fourth-order valence-electron chi connectivity index (χ4n) is 5.27. The van der Waals surface area contributed by atoms with Crippen molar-refractivity contribution in [2.24, 2.45) is 0 Å². The Morgan fingerprint density at radius 3 is 2.28 bits per heavy atom. The van der Waals surface area contributed by atoms with Crippen molar-refractivity contribution in [3.05, 3.63) is 101 Å². The van der Waals surface area contributed by atoms with Gasteiger partial charge in [0, 0.05) is 13.1 Å². The summed E-state index contributed by atoms with van der Waals surface area (Å²) in [5, 5.41) is 21.5. The minimum atomic E-state index is -4.98. The number of nitrogens with one attached hydrogen (secondary N) is 1. The molecule has 10 nitrogen and oxygen atoms in total. The fraction of sp³-hybridized carbons (Fsp3) is 0.250. The number of urea groups is 1. The van der Waals surface area contributed by atoms with Crippen LogP contribution in [0.2, 0.25) is 0 Å². The Hall–Kier alpha value is -5.00. The average molecular weight is 648 g/mol. The van der Waals surface area contributed by atoms with Gasteiger partial charge in [0.15, 0.2) is 5.82 Å². The highest BCUT2D eigenvalue weighted by Gasteiger charge is 2.62. The number of benzene rings is 3. The van der Waals surface area contributed by atoms with Gasteiger partial charge >= 0.3 is 12.2 Å². The van der Waals surface area contributed by atoms with E-state index < -0.39 is 17.1 Å². The summed E-state index contributed by atoms with van der Waals surface area (Å²) >= 11 is 0.318. The molecular weight excluding hydrogens is 619 g/mol. The third-order valence-electron chi connectivity index (χ3n) is 7.63. The molecule has 1 N–H and O–H groups in total. The smallest absolute Gasteiger partial charge is 0.425 e. The van der Waals surface area contributed by atoms with Gasteiger partial charge in [-0.15, -0.1) is 10.2 Å². The second-order valence-electron chi connectivity index (χ2n) is 10.5. The molecule has 2 saturated heterocycles. The summed E-state index contributed by atoms with van der Waals surface area (Å²) in [6.07, 6.45) is -4.98. The summed E-state index contributed by atoms with van der Waals surface area (Å²) in [6, 6.07) is 21.9. The molecule has 2 fully saturated rings. The molecule has 6 rings (SSSR count). The quantitative estimate of drug-likeness (QED) is 0.254. The number of methoxy groups -OCH3 is 1. The summed E-state index contributed by atoms with van der Waals surface area (Å²) in [5.74, 6) is 0.841. The molecule has 0 unspecified atom stereocenters. The maximum absolute atomic E-state index is 15.3. The number of rotatable bonds is 6. The van der Waals surface area contributed by atoms with Crippen LogP contribution >= 0.6 is 11.8 Å². The van der Waals surface area contributed by atoms with Crippen LogP contribution in [0.15, 0.2) is 83.9 Å². The number of hydrogen-bond donors (Lipinski definition) is 1. The van der Waals surface area contributed by atoms with E-state index in [4.69, 9.17) is 9.47 Å². The number of anilines is 2. The second kappa shape index (κ2) is 12.4. The van der Waals surface area contributed by atoms with Crippen LogP contribution in [0.25, 0.3) is 11.3 Å². The molecule has 0 saturated carbocycles. The van der Waals surface area contributed by atoms with Crippen molar-refractivity contribution in [3.8, 4) is 17.5 Å². The van der Waals surface area contributed by atoms with Gasteiger partial charge in [0.25, 0.3) is 0 Å². The molecule has 0 radical (unpaired) electrons. The van der Waals surface area contributed by atoms with Crippen molar-refractivity contribution in [2.45, 2.75) is 18.0 Å². The van der Waals surface area contributed by atoms with Crippen molar-refractivity contribution >= 4 is 35.0 Å². The maximum Gasteiger partial charge on any atom is 0.425 e. The summed E-state index contributed by atoms with van der Waals surface area (Å²) in [4.78, 5) is 14.0. The zero-order valence-electron chi connectivity index (χ0n) is 24.8. The number of halogens is 3. The molecule has 3 aromatic carbocycles. The third kappa shape index (κ3) is 5.52. The Kier molecular flexibility index (Phi) is 8.37. The van der Waals surface area contributed by atoms with Crippen molar-refractivity contribution in [1.82, 2.24) is 20.1 Å². The van der Waals surface area contributed by atoms with Crippen LogP contribution in [-0.2, 0) is 9.61 Å². The molecule has 236 valence electrons. The third-order valence-corrected chi connectivity index (χ3v) is 9.09. The Morgan fingerprint density at radius 2 is 1.67 bits per heavy atom. The van der Waals surface area contributed by atoms with Gasteiger partial charge < -0.3 is 19.7 Å². The van der Waals surface area contributed by atoms with Gasteiger partial charge in [-0.25, -0.2) is 4.79 Å². The number of thioether (sulfide) groups is 1. The summed E-state index contributed by atoms with van der Waals surface area (Å²) in [7, 11) is 1.47. The lowest BCUT2D eigenvalue weighted by molar-refractivity contribution is -0.167. The maximum atomic E-state index is 15.3. The number of amides is 2. The molecule has 4 aromatic rings. The number of morpholine rings is 1. The van der Waals surface area contributed by atoms with E-state index >= 15 is 13.2 Å². The number of allylic oxidation sites excluding steroid dienone is 1. The topological polar surface area (TPSA) is 109 Å². The van der Waals surface area contributed by atoms with Crippen molar-refractivity contribution in [2.75, 3.05) is 43.2 Å². The number of nitrogens with zero attached hydrogens (tertiary/aromatic N) is 6. The predicted octanol–water partition coefficient (Wildman–Crippen LogP) is 5.99. The van der Waals surface area contributed by atoms with Crippen molar-refractivity contribution in [3.63, 3.8) is 0 Å². The molecule has 1 atom stereocenters. The van der Waals surface area contributed by atoms with Gasteiger partial charge in [-0.05, 0) is 48.9 Å². The van der Waals surface area contributed by atoms with Crippen LogP contribution in [0.4, 0.5) is 29.6 Å². The first-order chi connectivity index (χ1) is 22.2. The lowest BCUT2D eigenvalue weighted by atomic mass is 10.0. The highest BCUT2D eigenvalue weighted by atomic mass is 32.2. The van der Waals surface area contributed by atoms with Crippen molar-refractivity contribution < 1.29 is 27.4 Å². The number of nitriles is 1. The summed E-state index contributed by atoms with van der Waals surface area (Å²) < 4.78 is 58.2. The van der Waals surface area contributed by atoms with E-state index in [9.17, 15) is 10.1 Å². The van der Waals surface area contributed by atoms with Crippen LogP contribution in [0, 0.1) is 18.3 Å². The Bertz CT molecular complexity index is 1800. The molecule has 2 aliphatic heterocycles. The van der Waals surface area contributed by atoms with E-state index in [1.807, 2.05) is 11.0 Å². The van der Waals surface area contributed by atoms with E-state index in [2.05, 4.69) is 21.6 Å². The normalized spacial score (nSPS) is 19.8. The zero-order valence-corrected chi connectivity index (χ0v) is 25.6. The lowest BCUT2D eigenvalue weighted by Crippen LogP contribution is -2.61. The van der Waals surface area contributed by atoms with Gasteiger partial charge in [0.05, 0.1) is 31.7 Å². The SMILES string of the molecule is COc1ccc(N2C(=O)N[C@@](c3ccc(C)cc3)(C(F)(F)F)S/C2=C(/C#N)c2nnc(N3CCOCC3)n2-c2ccccc2)cc1. The summed E-state index contributed by atoms with van der Waals surface area (Å²) in [6.45, 7) is 3.61. The molecule has 0 bridgehead atoms. The number of carbonyl (C=O) groups is 1. The molecule has 0 aliphatic carbocycles. The summed E-state index contributed by atoms with van der Waals surface area (Å²) in [5.41, 5.74) is 1.07. The minimum absolute atomic E-state index is 0.0223. The number of para-hydroxylation sites is 1. The second-order valence-corrected chi connectivity index (χ2v) is 11.7. The first kappa shape index (κ1) is 31.0. The van der Waals surface area contributed by atoms with E-state index in [1.54, 1.807) is 60.0 Å². The average Bonchev–Trinajstić information content (AvgIpc) is 3.50. The van der Waals surface area contributed by atoms with Gasteiger partial charge in [-0.2, -0.15) is 18.4 Å². The van der Waals surface area contributed by atoms with Crippen LogP contribution in [0.5, 0.6) is 5.75 Å². The largest absolute Gasteiger partial charge is 0.497 e. The lowest BCUT2D eigenvalue weighted by Gasteiger charge is -2.44. The number of hydrogen-bond acceptors (Lipinski definition) is 8. The Labute approximate surface area is 267 Å². The molecule has 46 heavy (non-hydrogen) atoms. The number of aromatic nitrogens is 3. The number of ether oxygens (including phenoxy) is 2. The van der Waals surface area contributed by atoms with E-state index in [1.165, 1.54) is 31.4 Å². The minimum Gasteiger partial charge on any atom is -0.497 e. The van der Waals surface area contributed by atoms with E-state index in [0.717, 1.165) is 10.5 Å². The number of carbonyl (C=O) groups excluding carboxylic acids is 1. The molecule has 14 heteroatoms. The number of alkyl halides is 3. The monoisotopic (exact) mass is 647 g/mol. The highest BCUT2D eigenvalue weighted by molar-refractivity contribution is 8.04. The van der Waals surface area contributed by atoms with E-state index in [0.29, 0.717) is 55.5 Å². The Morgan fingerprint density at radius 1 is 1.00 bits per heavy atom. The first-order valence-electron chi connectivity index (χ1n) is 14.2. The van der Waals surface area contributed by atoms with Crippen LogP contribution in [-0.4, -0.2) is 60.4 Å². The van der Waals surface area contributed by atoms with Crippen molar-refractivity contribution in [1.29, 1.82) is 5.26 Å². The fourth-order valence-corrected chi connectivity index (χ4v) is 6.59. The van der Waals surface area contributed by atoms with Crippen LogP contribution in [0.3, 0.4) is 0 Å². The highest BCUT2D eigenvalue weighted by Crippen LogP contribution is 2.55. The molecule has 1 aromatic heterocycles. The Balaban J connectivity index is 1.62. The standard InChI is InChI=1S/C32H28F3N7O3S/c1-21-8-10-22(11-9-21)31(32(33,34)35)37-30(43)42(24-12-14-25(44-2)15-13-24)28(46-31)26(20-36)27-38-39-29(40-16-18-45-19-17-40)41(27)23-6-4-3-5-7-23/h3-15H,16-19H2,1-2H3,(H,37,43)/b28-26-/t31-/m1/s1. The molecular formula is C32H28F3N7O3S. The molecule has 3 heterocycles.